The molecule has 0 saturated carbocycles. The van der Waals surface area contributed by atoms with Crippen LogP contribution in [0.15, 0.2) is 0 Å². The third-order valence-corrected chi connectivity index (χ3v) is 2.38. The molecule has 12 heavy (non-hydrogen) atoms. The van der Waals surface area contributed by atoms with Gasteiger partial charge < -0.3 is 5.73 Å². The zero-order valence-corrected chi connectivity index (χ0v) is 8.84. The summed E-state index contributed by atoms with van der Waals surface area (Å²) >= 11 is 0. The Labute approximate surface area is 77.1 Å². The molecule has 0 aromatic carbocycles. The van der Waals surface area contributed by atoms with Crippen LogP contribution in [0.2, 0.25) is 0 Å². The Balaban J connectivity index is 3.47. The van der Waals surface area contributed by atoms with Crippen LogP contribution in [0, 0.1) is 0 Å². The van der Waals surface area contributed by atoms with Gasteiger partial charge in [-0.1, -0.05) is 40.0 Å². The smallest absolute Gasteiger partial charge is 0.0571 e. The predicted octanol–water partition coefficient (Wildman–Crippen LogP) is 2.19. The van der Waals surface area contributed by atoms with Crippen molar-refractivity contribution in [1.82, 2.24) is 4.90 Å². The average molecular weight is 172 g/mol. The summed E-state index contributed by atoms with van der Waals surface area (Å²) in [5.41, 5.74) is 6.01. The molecule has 0 aromatic heterocycles. The highest BCUT2D eigenvalue weighted by atomic mass is 15.2. The molecule has 0 bridgehead atoms. The van der Waals surface area contributed by atoms with E-state index in [9.17, 15) is 0 Å². The monoisotopic (exact) mass is 172 g/mol. The van der Waals surface area contributed by atoms with Crippen molar-refractivity contribution in [2.24, 2.45) is 5.73 Å². The van der Waals surface area contributed by atoms with E-state index in [4.69, 9.17) is 5.73 Å². The van der Waals surface area contributed by atoms with Gasteiger partial charge in [-0.3, -0.25) is 4.90 Å². The van der Waals surface area contributed by atoms with Gasteiger partial charge in [-0.25, -0.2) is 0 Å². The van der Waals surface area contributed by atoms with Gasteiger partial charge in [-0.2, -0.15) is 0 Å². The Bertz CT molecular complexity index is 89.8. The first-order valence-electron chi connectivity index (χ1n) is 5.25. The van der Waals surface area contributed by atoms with Crippen LogP contribution in [0.5, 0.6) is 0 Å². The lowest BCUT2D eigenvalue weighted by molar-refractivity contribution is 0.207. The minimum absolute atomic E-state index is 0.284. The minimum atomic E-state index is 0.284. The highest BCUT2D eigenvalue weighted by Crippen LogP contribution is 2.05. The molecule has 0 amide bonds. The van der Waals surface area contributed by atoms with Crippen molar-refractivity contribution in [3.63, 3.8) is 0 Å². The van der Waals surface area contributed by atoms with E-state index in [0.29, 0.717) is 0 Å². The summed E-state index contributed by atoms with van der Waals surface area (Å²) in [6, 6.07) is 0. The largest absolute Gasteiger partial charge is 0.316 e. The maximum atomic E-state index is 6.01. The van der Waals surface area contributed by atoms with Gasteiger partial charge in [0.05, 0.1) is 6.17 Å². The molecule has 0 aliphatic heterocycles. The molecule has 74 valence electrons. The second kappa shape index (κ2) is 7.56. The predicted molar refractivity (Wildman–Crippen MR) is 55.0 cm³/mol. The molecule has 0 radical (unpaired) electrons. The van der Waals surface area contributed by atoms with Crippen LogP contribution in [-0.2, 0) is 0 Å². The molecular weight excluding hydrogens is 148 g/mol. The first kappa shape index (κ1) is 11.9. The first-order chi connectivity index (χ1) is 5.76. The van der Waals surface area contributed by atoms with Crippen LogP contribution >= 0.6 is 0 Å². The Kier molecular flexibility index (Phi) is 7.51. The molecule has 1 unspecified atom stereocenters. The molecule has 2 N–H and O–H groups in total. The summed E-state index contributed by atoms with van der Waals surface area (Å²) in [5, 5.41) is 0. The third kappa shape index (κ3) is 4.73. The SMILES string of the molecule is CCCCCC(N)N(CC)CC. The van der Waals surface area contributed by atoms with Gasteiger partial charge in [0.25, 0.3) is 0 Å². The second-order valence-electron chi connectivity index (χ2n) is 3.28. The minimum Gasteiger partial charge on any atom is -0.316 e. The molecule has 0 aromatic rings. The third-order valence-electron chi connectivity index (χ3n) is 2.38. The number of nitrogens with zero attached hydrogens (tertiary/aromatic N) is 1. The average Bonchev–Trinajstić information content (AvgIpc) is 2.07. The molecule has 0 saturated heterocycles. The zero-order valence-electron chi connectivity index (χ0n) is 8.84. The summed E-state index contributed by atoms with van der Waals surface area (Å²) in [6.45, 7) is 8.71. The van der Waals surface area contributed by atoms with Gasteiger partial charge in [0.1, 0.15) is 0 Å². The van der Waals surface area contributed by atoms with Crippen molar-refractivity contribution in [3.05, 3.63) is 0 Å². The lowest BCUT2D eigenvalue weighted by Crippen LogP contribution is -2.41. The van der Waals surface area contributed by atoms with E-state index in [2.05, 4.69) is 25.7 Å². The van der Waals surface area contributed by atoms with Gasteiger partial charge >= 0.3 is 0 Å². The van der Waals surface area contributed by atoms with E-state index in [1.807, 2.05) is 0 Å². The summed E-state index contributed by atoms with van der Waals surface area (Å²) in [7, 11) is 0. The van der Waals surface area contributed by atoms with E-state index < -0.39 is 0 Å². The number of hydrogen-bond acceptors (Lipinski definition) is 2. The fourth-order valence-electron chi connectivity index (χ4n) is 1.48. The normalized spacial score (nSPS) is 13.8. The second-order valence-corrected chi connectivity index (χ2v) is 3.28. The Morgan fingerprint density at radius 2 is 1.67 bits per heavy atom. The molecule has 0 heterocycles. The fourth-order valence-corrected chi connectivity index (χ4v) is 1.48. The van der Waals surface area contributed by atoms with E-state index >= 15 is 0 Å². The Hall–Kier alpha value is -0.0800. The van der Waals surface area contributed by atoms with Gasteiger partial charge in [0.2, 0.25) is 0 Å². The van der Waals surface area contributed by atoms with Gasteiger partial charge in [0.15, 0.2) is 0 Å². The summed E-state index contributed by atoms with van der Waals surface area (Å²) in [6.07, 6.45) is 5.30. The number of unbranched alkanes of at least 4 members (excludes halogenated alkanes) is 2. The van der Waals surface area contributed by atoms with E-state index in [-0.39, 0.29) is 6.17 Å². The van der Waals surface area contributed by atoms with Crippen LogP contribution in [0.4, 0.5) is 0 Å². The van der Waals surface area contributed by atoms with Crippen molar-refractivity contribution in [2.75, 3.05) is 13.1 Å². The van der Waals surface area contributed by atoms with Crippen LogP contribution in [0.25, 0.3) is 0 Å². The van der Waals surface area contributed by atoms with Crippen molar-refractivity contribution >= 4 is 0 Å². The Morgan fingerprint density at radius 3 is 2.08 bits per heavy atom. The number of hydrogen-bond donors (Lipinski definition) is 1. The molecular formula is C10H24N2. The summed E-state index contributed by atoms with van der Waals surface area (Å²) < 4.78 is 0. The first-order valence-corrected chi connectivity index (χ1v) is 5.25. The highest BCUT2D eigenvalue weighted by molar-refractivity contribution is 4.62. The fraction of sp³-hybridized carbons (Fsp3) is 1.00. The van der Waals surface area contributed by atoms with E-state index in [1.165, 1.54) is 19.3 Å². The quantitative estimate of drug-likeness (QED) is 0.471. The van der Waals surface area contributed by atoms with E-state index in [1.54, 1.807) is 0 Å². The molecule has 0 spiro atoms. The molecule has 0 aliphatic rings. The highest BCUT2D eigenvalue weighted by Gasteiger charge is 2.08. The maximum absolute atomic E-state index is 6.01. The summed E-state index contributed by atoms with van der Waals surface area (Å²) in [4.78, 5) is 2.32. The van der Waals surface area contributed by atoms with Crippen molar-refractivity contribution in [2.45, 2.75) is 52.6 Å². The molecule has 0 fully saturated rings. The van der Waals surface area contributed by atoms with Crippen molar-refractivity contribution in [1.29, 1.82) is 0 Å². The Morgan fingerprint density at radius 1 is 1.08 bits per heavy atom. The summed E-state index contributed by atoms with van der Waals surface area (Å²) in [5.74, 6) is 0. The van der Waals surface area contributed by atoms with Crippen molar-refractivity contribution < 1.29 is 0 Å². The van der Waals surface area contributed by atoms with Gasteiger partial charge in [0, 0.05) is 0 Å². The van der Waals surface area contributed by atoms with Gasteiger partial charge in [-0.05, 0) is 19.5 Å². The molecule has 0 aliphatic carbocycles. The molecule has 2 heteroatoms. The van der Waals surface area contributed by atoms with Gasteiger partial charge in [-0.15, -0.1) is 0 Å². The maximum Gasteiger partial charge on any atom is 0.0571 e. The van der Waals surface area contributed by atoms with Crippen molar-refractivity contribution in [3.8, 4) is 0 Å². The van der Waals surface area contributed by atoms with Crippen LogP contribution in [0.3, 0.4) is 0 Å². The standard InChI is InChI=1S/C10H24N2/c1-4-7-8-9-10(11)12(5-2)6-3/h10H,4-9,11H2,1-3H3. The van der Waals surface area contributed by atoms with Crippen LogP contribution in [-0.4, -0.2) is 24.2 Å². The molecule has 0 rings (SSSR count). The van der Waals surface area contributed by atoms with Crippen LogP contribution < -0.4 is 5.73 Å². The number of rotatable bonds is 7. The lowest BCUT2D eigenvalue weighted by Gasteiger charge is -2.25. The zero-order chi connectivity index (χ0) is 9.40. The topological polar surface area (TPSA) is 29.3 Å². The molecule has 2 nitrogen and oxygen atoms in total. The van der Waals surface area contributed by atoms with Crippen LogP contribution in [0.1, 0.15) is 46.5 Å². The lowest BCUT2D eigenvalue weighted by atomic mass is 10.1. The van der Waals surface area contributed by atoms with E-state index in [0.717, 1.165) is 19.5 Å². The number of nitrogens with two attached hydrogens (primary N) is 1. The molecule has 1 atom stereocenters.